The van der Waals surface area contributed by atoms with E-state index in [4.69, 9.17) is 9.15 Å². The van der Waals surface area contributed by atoms with E-state index in [1.807, 2.05) is 44.2 Å². The fraction of sp³-hybridized carbons (Fsp3) is 0.421. The van der Waals surface area contributed by atoms with Crippen molar-refractivity contribution in [2.24, 2.45) is 5.41 Å². The first kappa shape index (κ1) is 18.2. The van der Waals surface area contributed by atoms with Crippen LogP contribution < -0.4 is 5.32 Å². The molecule has 1 atom stereocenters. The number of hydrogen-bond acceptors (Lipinski definition) is 5. The number of methoxy groups -OCH3 is 1. The van der Waals surface area contributed by atoms with Crippen molar-refractivity contribution in [1.29, 1.82) is 0 Å². The summed E-state index contributed by atoms with van der Waals surface area (Å²) in [6.45, 7) is 6.24. The van der Waals surface area contributed by atoms with Crippen LogP contribution >= 0.6 is 0 Å². The Balaban J connectivity index is 2.18. The molecule has 1 aromatic heterocycles. The summed E-state index contributed by atoms with van der Waals surface area (Å²) in [5.41, 5.74) is 1.17. The second kappa shape index (κ2) is 7.64. The highest BCUT2D eigenvalue weighted by atomic mass is 16.5. The number of nitrogens with one attached hydrogen (secondary N) is 1. The molecule has 0 amide bonds. The molecule has 0 radical (unpaired) electrons. The van der Waals surface area contributed by atoms with Gasteiger partial charge in [0.05, 0.1) is 13.7 Å². The average molecular weight is 331 g/mol. The lowest BCUT2D eigenvalue weighted by Crippen LogP contribution is -2.36. The number of carbonyl (C=O) groups is 1. The first-order chi connectivity index (χ1) is 11.4. The van der Waals surface area contributed by atoms with Gasteiger partial charge >= 0.3 is 5.97 Å². The Morgan fingerprint density at radius 3 is 2.58 bits per heavy atom. The molecule has 0 aliphatic carbocycles. The molecule has 5 nitrogen and oxygen atoms in total. The third kappa shape index (κ3) is 4.04. The number of furan rings is 1. The van der Waals surface area contributed by atoms with Crippen molar-refractivity contribution in [2.75, 3.05) is 13.7 Å². The van der Waals surface area contributed by atoms with Gasteiger partial charge in [-0.05, 0) is 18.6 Å². The second-order valence-electron chi connectivity index (χ2n) is 6.55. The van der Waals surface area contributed by atoms with E-state index in [2.05, 4.69) is 5.32 Å². The molecule has 1 aromatic carbocycles. The van der Waals surface area contributed by atoms with Gasteiger partial charge in [-0.2, -0.15) is 0 Å². The van der Waals surface area contributed by atoms with Gasteiger partial charge < -0.3 is 19.6 Å². The standard InChI is InChI=1S/C19H25NO4/c1-13-16(18(22)23-4)10-15(24-13)11-20-17(19(2,3)12-21)14-8-6-5-7-9-14/h5-10,17,20-21H,11-12H2,1-4H3/t17-/m1/s1. The molecule has 1 heterocycles. The van der Waals surface area contributed by atoms with Gasteiger partial charge in [-0.3, -0.25) is 0 Å². The van der Waals surface area contributed by atoms with Crippen LogP contribution in [-0.2, 0) is 11.3 Å². The Bertz CT molecular complexity index is 676. The van der Waals surface area contributed by atoms with Crippen LogP contribution in [0, 0.1) is 12.3 Å². The zero-order valence-corrected chi connectivity index (χ0v) is 14.6. The molecule has 130 valence electrons. The summed E-state index contributed by atoms with van der Waals surface area (Å²) in [5, 5.41) is 13.2. The smallest absolute Gasteiger partial charge is 0.341 e. The third-order valence-corrected chi connectivity index (χ3v) is 4.18. The molecule has 0 saturated heterocycles. The fourth-order valence-electron chi connectivity index (χ4n) is 2.73. The predicted molar refractivity (Wildman–Crippen MR) is 91.7 cm³/mol. The minimum Gasteiger partial charge on any atom is -0.465 e. The monoisotopic (exact) mass is 331 g/mol. The van der Waals surface area contributed by atoms with Crippen LogP contribution in [0.4, 0.5) is 0 Å². The molecule has 24 heavy (non-hydrogen) atoms. The van der Waals surface area contributed by atoms with Crippen molar-refractivity contribution in [3.63, 3.8) is 0 Å². The average Bonchev–Trinajstić information content (AvgIpc) is 2.96. The Morgan fingerprint density at radius 2 is 2.00 bits per heavy atom. The van der Waals surface area contributed by atoms with Crippen molar-refractivity contribution in [2.45, 2.75) is 33.4 Å². The van der Waals surface area contributed by atoms with Crippen LogP contribution in [0.5, 0.6) is 0 Å². The van der Waals surface area contributed by atoms with Gasteiger partial charge in [0, 0.05) is 18.1 Å². The number of rotatable bonds is 7. The maximum Gasteiger partial charge on any atom is 0.341 e. The zero-order chi connectivity index (χ0) is 17.7. The van der Waals surface area contributed by atoms with Crippen LogP contribution in [-0.4, -0.2) is 24.8 Å². The summed E-state index contributed by atoms with van der Waals surface area (Å²) in [4.78, 5) is 11.7. The number of hydrogen-bond donors (Lipinski definition) is 2. The number of aryl methyl sites for hydroxylation is 1. The molecule has 2 N–H and O–H groups in total. The predicted octanol–water partition coefficient (Wildman–Crippen LogP) is 3.22. The molecule has 0 unspecified atom stereocenters. The minimum absolute atomic E-state index is 0.0458. The Hall–Kier alpha value is -2.11. The highest BCUT2D eigenvalue weighted by molar-refractivity contribution is 5.90. The van der Waals surface area contributed by atoms with E-state index in [0.717, 1.165) is 5.56 Å². The van der Waals surface area contributed by atoms with E-state index in [-0.39, 0.29) is 18.1 Å². The van der Waals surface area contributed by atoms with Crippen molar-refractivity contribution >= 4 is 5.97 Å². The molecular formula is C19H25NO4. The van der Waals surface area contributed by atoms with Crippen molar-refractivity contribution in [1.82, 2.24) is 5.32 Å². The van der Waals surface area contributed by atoms with Gasteiger partial charge in [-0.15, -0.1) is 0 Å². The molecule has 0 spiro atoms. The first-order valence-electron chi connectivity index (χ1n) is 7.96. The maximum atomic E-state index is 11.7. The van der Waals surface area contributed by atoms with E-state index >= 15 is 0 Å². The lowest BCUT2D eigenvalue weighted by molar-refractivity contribution is 0.0599. The first-order valence-corrected chi connectivity index (χ1v) is 7.96. The van der Waals surface area contributed by atoms with Crippen molar-refractivity contribution < 1.29 is 19.1 Å². The topological polar surface area (TPSA) is 71.7 Å². The Morgan fingerprint density at radius 1 is 1.33 bits per heavy atom. The quantitative estimate of drug-likeness (QED) is 0.762. The normalized spacial score (nSPS) is 12.9. The number of carbonyl (C=O) groups excluding carboxylic acids is 1. The third-order valence-electron chi connectivity index (χ3n) is 4.18. The molecule has 5 heteroatoms. The molecule has 0 fully saturated rings. The summed E-state index contributed by atoms with van der Waals surface area (Å²) in [6, 6.07) is 11.6. The Kier molecular flexibility index (Phi) is 5.80. The number of aliphatic hydroxyl groups excluding tert-OH is 1. The SMILES string of the molecule is COC(=O)c1cc(CN[C@H](c2ccccc2)C(C)(C)CO)oc1C. The lowest BCUT2D eigenvalue weighted by Gasteiger charge is -2.33. The van der Waals surface area contributed by atoms with Crippen LogP contribution in [0.1, 0.15) is 47.3 Å². The van der Waals surface area contributed by atoms with Crippen LogP contribution in [0.15, 0.2) is 40.8 Å². The van der Waals surface area contributed by atoms with Gasteiger partial charge in [0.1, 0.15) is 17.1 Å². The zero-order valence-electron chi connectivity index (χ0n) is 14.6. The summed E-state index contributed by atoms with van der Waals surface area (Å²) in [7, 11) is 1.35. The number of esters is 1. The van der Waals surface area contributed by atoms with E-state index in [1.54, 1.807) is 13.0 Å². The maximum absolute atomic E-state index is 11.7. The number of aliphatic hydroxyl groups is 1. The molecule has 2 rings (SSSR count). The van der Waals surface area contributed by atoms with E-state index < -0.39 is 5.97 Å². The minimum atomic E-state index is -0.405. The summed E-state index contributed by atoms with van der Waals surface area (Å²) < 4.78 is 10.4. The molecule has 0 bridgehead atoms. The Labute approximate surface area is 142 Å². The van der Waals surface area contributed by atoms with Crippen LogP contribution in [0.2, 0.25) is 0 Å². The summed E-state index contributed by atoms with van der Waals surface area (Å²) >= 11 is 0. The summed E-state index contributed by atoms with van der Waals surface area (Å²) in [6.07, 6.45) is 0. The molecule has 0 saturated carbocycles. The second-order valence-corrected chi connectivity index (χ2v) is 6.55. The van der Waals surface area contributed by atoms with Gasteiger partial charge in [0.2, 0.25) is 0 Å². The molecule has 2 aromatic rings. The molecular weight excluding hydrogens is 306 g/mol. The lowest BCUT2D eigenvalue weighted by atomic mass is 9.81. The van der Waals surface area contributed by atoms with Crippen molar-refractivity contribution in [3.05, 3.63) is 59.0 Å². The largest absolute Gasteiger partial charge is 0.465 e. The van der Waals surface area contributed by atoms with Gasteiger partial charge in [0.25, 0.3) is 0 Å². The van der Waals surface area contributed by atoms with E-state index in [0.29, 0.717) is 23.6 Å². The number of benzene rings is 1. The van der Waals surface area contributed by atoms with Gasteiger partial charge in [-0.1, -0.05) is 44.2 Å². The van der Waals surface area contributed by atoms with Crippen LogP contribution in [0.25, 0.3) is 0 Å². The highest BCUT2D eigenvalue weighted by Crippen LogP contribution is 2.33. The molecule has 0 aliphatic heterocycles. The van der Waals surface area contributed by atoms with Gasteiger partial charge in [0.15, 0.2) is 0 Å². The van der Waals surface area contributed by atoms with E-state index in [1.165, 1.54) is 7.11 Å². The van der Waals surface area contributed by atoms with Gasteiger partial charge in [-0.25, -0.2) is 4.79 Å². The highest BCUT2D eigenvalue weighted by Gasteiger charge is 2.30. The number of ether oxygens (including phenoxy) is 1. The fourth-order valence-corrected chi connectivity index (χ4v) is 2.73. The molecule has 0 aliphatic rings. The van der Waals surface area contributed by atoms with Crippen LogP contribution in [0.3, 0.4) is 0 Å². The van der Waals surface area contributed by atoms with E-state index in [9.17, 15) is 9.90 Å². The van der Waals surface area contributed by atoms with Crippen molar-refractivity contribution in [3.8, 4) is 0 Å². The summed E-state index contributed by atoms with van der Waals surface area (Å²) in [5.74, 6) is 0.789.